The second-order valence-corrected chi connectivity index (χ2v) is 2.93. The molecule has 0 saturated heterocycles. The highest BCUT2D eigenvalue weighted by molar-refractivity contribution is 5.66. The zero-order chi connectivity index (χ0) is 12.3. The standard InChI is InChI=1S/C9H16O3.C2H4O/c1-5-7(2)11-6-8(3)12-9(4)10;1-2-3/h5,7-8H,1,6H2,2-4H3;2H,1H3. The number of ether oxygens (including phenoxy) is 2. The maximum atomic E-state index is 10.5. The smallest absolute Gasteiger partial charge is 0.302 e. The van der Waals surface area contributed by atoms with Crippen molar-refractivity contribution in [3.8, 4) is 0 Å². The first-order valence-electron chi connectivity index (χ1n) is 4.79. The van der Waals surface area contributed by atoms with Gasteiger partial charge in [0.05, 0.1) is 12.7 Å². The van der Waals surface area contributed by atoms with Crippen molar-refractivity contribution in [1.82, 2.24) is 0 Å². The molecule has 0 aliphatic carbocycles. The summed E-state index contributed by atoms with van der Waals surface area (Å²) in [7, 11) is 0. The third kappa shape index (κ3) is 15.6. The van der Waals surface area contributed by atoms with Gasteiger partial charge in [-0.05, 0) is 20.8 Å². The molecule has 0 aromatic heterocycles. The molecule has 4 nitrogen and oxygen atoms in total. The molecule has 0 aromatic rings. The fraction of sp³-hybridized carbons (Fsp3) is 0.636. The van der Waals surface area contributed by atoms with E-state index in [-0.39, 0.29) is 18.2 Å². The number of hydrogen-bond donors (Lipinski definition) is 0. The summed E-state index contributed by atoms with van der Waals surface area (Å²) in [5, 5.41) is 0. The van der Waals surface area contributed by atoms with E-state index in [4.69, 9.17) is 14.3 Å². The summed E-state index contributed by atoms with van der Waals surface area (Å²) in [6, 6.07) is 0. The highest BCUT2D eigenvalue weighted by Gasteiger charge is 2.06. The van der Waals surface area contributed by atoms with Crippen LogP contribution in [0.15, 0.2) is 12.7 Å². The molecule has 0 aromatic carbocycles. The van der Waals surface area contributed by atoms with Crippen molar-refractivity contribution in [1.29, 1.82) is 0 Å². The third-order valence-electron chi connectivity index (χ3n) is 1.29. The van der Waals surface area contributed by atoms with E-state index < -0.39 is 0 Å². The zero-order valence-corrected chi connectivity index (χ0v) is 9.86. The Labute approximate surface area is 91.3 Å². The van der Waals surface area contributed by atoms with Crippen LogP contribution in [0.25, 0.3) is 0 Å². The van der Waals surface area contributed by atoms with Crippen LogP contribution in [0, 0.1) is 0 Å². The number of aldehydes is 1. The van der Waals surface area contributed by atoms with Crippen molar-refractivity contribution < 1.29 is 19.1 Å². The summed E-state index contributed by atoms with van der Waals surface area (Å²) < 4.78 is 10.1. The van der Waals surface area contributed by atoms with E-state index >= 15 is 0 Å². The lowest BCUT2D eigenvalue weighted by molar-refractivity contribution is -0.148. The van der Waals surface area contributed by atoms with Gasteiger partial charge in [0.15, 0.2) is 0 Å². The van der Waals surface area contributed by atoms with Gasteiger partial charge in [-0.3, -0.25) is 4.79 Å². The van der Waals surface area contributed by atoms with Crippen molar-refractivity contribution in [2.24, 2.45) is 0 Å². The molecule has 0 aliphatic heterocycles. The van der Waals surface area contributed by atoms with E-state index in [1.807, 2.05) is 6.92 Å². The average molecular weight is 216 g/mol. The first-order valence-corrected chi connectivity index (χ1v) is 4.79. The molecular formula is C11H20O4. The summed E-state index contributed by atoms with van der Waals surface area (Å²) in [6.07, 6.45) is 2.26. The Morgan fingerprint density at radius 2 is 1.93 bits per heavy atom. The topological polar surface area (TPSA) is 52.6 Å². The quantitative estimate of drug-likeness (QED) is 0.399. The number of rotatable bonds is 5. The number of carbonyl (C=O) groups excluding carboxylic acids is 2. The van der Waals surface area contributed by atoms with Gasteiger partial charge >= 0.3 is 5.97 Å². The number of carbonyl (C=O) groups is 2. The molecule has 88 valence electrons. The van der Waals surface area contributed by atoms with Crippen molar-refractivity contribution >= 4 is 12.3 Å². The molecule has 0 aliphatic rings. The molecule has 0 radical (unpaired) electrons. The predicted molar refractivity (Wildman–Crippen MR) is 58.6 cm³/mol. The Kier molecular flexibility index (Phi) is 11.8. The zero-order valence-electron chi connectivity index (χ0n) is 9.86. The fourth-order valence-electron chi connectivity index (χ4n) is 0.673. The Morgan fingerprint density at radius 1 is 1.47 bits per heavy atom. The van der Waals surface area contributed by atoms with Gasteiger partial charge < -0.3 is 14.3 Å². The Balaban J connectivity index is 0. The second-order valence-electron chi connectivity index (χ2n) is 2.93. The van der Waals surface area contributed by atoms with E-state index in [0.29, 0.717) is 6.61 Å². The highest BCUT2D eigenvalue weighted by atomic mass is 16.6. The van der Waals surface area contributed by atoms with Crippen LogP contribution in [-0.4, -0.2) is 31.1 Å². The SMILES string of the molecule is C=CC(C)OCC(C)OC(C)=O.CC=O. The molecule has 15 heavy (non-hydrogen) atoms. The summed E-state index contributed by atoms with van der Waals surface area (Å²) in [5.41, 5.74) is 0. The Hall–Kier alpha value is -1.16. The van der Waals surface area contributed by atoms with Crippen LogP contribution in [0.3, 0.4) is 0 Å². The van der Waals surface area contributed by atoms with Crippen molar-refractivity contribution in [3.05, 3.63) is 12.7 Å². The average Bonchev–Trinajstić information content (AvgIpc) is 2.14. The summed E-state index contributed by atoms with van der Waals surface area (Å²) in [4.78, 5) is 19.3. The molecule has 0 N–H and O–H groups in total. The van der Waals surface area contributed by atoms with Crippen LogP contribution in [0.2, 0.25) is 0 Å². The van der Waals surface area contributed by atoms with Gasteiger partial charge in [0.1, 0.15) is 12.4 Å². The van der Waals surface area contributed by atoms with Crippen molar-refractivity contribution in [2.45, 2.75) is 39.9 Å². The van der Waals surface area contributed by atoms with Gasteiger partial charge in [-0.2, -0.15) is 0 Å². The maximum Gasteiger partial charge on any atom is 0.302 e. The van der Waals surface area contributed by atoms with Crippen LogP contribution in [0.4, 0.5) is 0 Å². The molecule has 0 rings (SSSR count). The summed E-state index contributed by atoms with van der Waals surface area (Å²) in [6.45, 7) is 10.5. The molecule has 0 spiro atoms. The van der Waals surface area contributed by atoms with Crippen LogP contribution < -0.4 is 0 Å². The molecular weight excluding hydrogens is 196 g/mol. The van der Waals surface area contributed by atoms with E-state index in [1.165, 1.54) is 13.8 Å². The van der Waals surface area contributed by atoms with E-state index in [9.17, 15) is 4.79 Å². The second kappa shape index (κ2) is 10.9. The number of esters is 1. The summed E-state index contributed by atoms with van der Waals surface area (Å²) in [5.74, 6) is -0.280. The molecule has 2 unspecified atom stereocenters. The van der Waals surface area contributed by atoms with E-state index in [2.05, 4.69) is 6.58 Å². The maximum absolute atomic E-state index is 10.5. The van der Waals surface area contributed by atoms with Crippen LogP contribution in [0.1, 0.15) is 27.7 Å². The molecule has 2 atom stereocenters. The van der Waals surface area contributed by atoms with Gasteiger partial charge in [0.2, 0.25) is 0 Å². The van der Waals surface area contributed by atoms with Crippen molar-refractivity contribution in [2.75, 3.05) is 6.61 Å². The lowest BCUT2D eigenvalue weighted by Gasteiger charge is -2.14. The van der Waals surface area contributed by atoms with Crippen LogP contribution >= 0.6 is 0 Å². The summed E-state index contributed by atoms with van der Waals surface area (Å²) >= 11 is 0. The monoisotopic (exact) mass is 216 g/mol. The molecule has 4 heteroatoms. The Morgan fingerprint density at radius 3 is 2.27 bits per heavy atom. The number of hydrogen-bond acceptors (Lipinski definition) is 4. The Bertz CT molecular complexity index is 189. The van der Waals surface area contributed by atoms with Gasteiger partial charge in [-0.25, -0.2) is 0 Å². The molecule has 0 fully saturated rings. The minimum absolute atomic E-state index is 0.00279. The fourth-order valence-corrected chi connectivity index (χ4v) is 0.673. The van der Waals surface area contributed by atoms with E-state index in [1.54, 1.807) is 13.0 Å². The minimum Gasteiger partial charge on any atom is -0.460 e. The lowest BCUT2D eigenvalue weighted by Crippen LogP contribution is -2.21. The van der Waals surface area contributed by atoms with Gasteiger partial charge in [-0.1, -0.05) is 6.08 Å². The van der Waals surface area contributed by atoms with Gasteiger partial charge in [-0.15, -0.1) is 6.58 Å². The first-order chi connectivity index (χ1) is 6.97. The molecule has 0 bridgehead atoms. The third-order valence-corrected chi connectivity index (χ3v) is 1.29. The van der Waals surface area contributed by atoms with Crippen LogP contribution in [-0.2, 0) is 19.1 Å². The van der Waals surface area contributed by atoms with E-state index in [0.717, 1.165) is 6.29 Å². The minimum atomic E-state index is -0.280. The predicted octanol–water partition coefficient (Wildman–Crippen LogP) is 1.73. The largest absolute Gasteiger partial charge is 0.460 e. The van der Waals surface area contributed by atoms with Crippen LogP contribution in [0.5, 0.6) is 0 Å². The molecule has 0 amide bonds. The normalized spacial score (nSPS) is 12.8. The lowest BCUT2D eigenvalue weighted by atomic mass is 10.4. The molecule has 0 heterocycles. The highest BCUT2D eigenvalue weighted by Crippen LogP contribution is 1.97. The van der Waals surface area contributed by atoms with Gasteiger partial charge in [0.25, 0.3) is 0 Å². The van der Waals surface area contributed by atoms with Crippen molar-refractivity contribution in [3.63, 3.8) is 0 Å². The first kappa shape index (κ1) is 16.3. The molecule has 0 saturated carbocycles. The van der Waals surface area contributed by atoms with Gasteiger partial charge in [0, 0.05) is 6.92 Å².